The number of hydrogen-bond donors (Lipinski definition) is 0. The van der Waals surface area contributed by atoms with Crippen LogP contribution in [0.15, 0.2) is 71.9 Å². The highest BCUT2D eigenvalue weighted by Crippen LogP contribution is 2.60. The highest BCUT2D eigenvalue weighted by molar-refractivity contribution is 6.22. The van der Waals surface area contributed by atoms with Crippen molar-refractivity contribution in [3.63, 3.8) is 0 Å². The third kappa shape index (κ3) is 1.31. The molecule has 106 valence electrons. The third-order valence-electron chi connectivity index (χ3n) is 5.49. The smallest absolute Gasteiger partial charge is 0.183 e. The first kappa shape index (κ1) is 12.1. The second-order valence-electron chi connectivity index (χ2n) is 6.40. The van der Waals surface area contributed by atoms with Gasteiger partial charge in [-0.15, -0.1) is 0 Å². The summed E-state index contributed by atoms with van der Waals surface area (Å²) in [6, 6.07) is 8.30. The molecule has 0 saturated heterocycles. The Morgan fingerprint density at radius 1 is 0.682 bits per heavy atom. The van der Waals surface area contributed by atoms with Gasteiger partial charge in [0, 0.05) is 23.0 Å². The van der Waals surface area contributed by atoms with Crippen molar-refractivity contribution in [2.24, 2.45) is 11.8 Å². The Kier molecular flexibility index (Phi) is 2.22. The van der Waals surface area contributed by atoms with Crippen molar-refractivity contribution in [3.8, 4) is 0 Å². The Hall–Kier alpha value is -2.48. The lowest BCUT2D eigenvalue weighted by molar-refractivity contribution is -0.116. The summed E-state index contributed by atoms with van der Waals surface area (Å²) in [4.78, 5) is 25.0. The highest BCUT2D eigenvalue weighted by atomic mass is 16.1. The minimum Gasteiger partial charge on any atom is -0.290 e. The number of ketones is 2. The maximum atomic E-state index is 12.5. The van der Waals surface area contributed by atoms with E-state index in [2.05, 4.69) is 36.4 Å². The number of rotatable bonds is 0. The van der Waals surface area contributed by atoms with Crippen molar-refractivity contribution in [3.05, 3.63) is 83.0 Å². The summed E-state index contributed by atoms with van der Waals surface area (Å²) in [5.74, 6) is 0.632. The molecular formula is C20H14O2. The van der Waals surface area contributed by atoms with E-state index < -0.39 is 0 Å². The van der Waals surface area contributed by atoms with E-state index >= 15 is 0 Å². The summed E-state index contributed by atoms with van der Waals surface area (Å²) >= 11 is 0. The Bertz CT molecular complexity index is 781. The standard InChI is InChI=1S/C20H14O2/c21-15-9-10-16(22)20-18-12-6-2-1-5-11(12)17(19(15)20)13-7-3-4-8-14(13)18/h1-12,17-18H. The van der Waals surface area contributed by atoms with Gasteiger partial charge in [-0.3, -0.25) is 9.59 Å². The van der Waals surface area contributed by atoms with Crippen molar-refractivity contribution in [1.82, 2.24) is 0 Å². The molecule has 5 aliphatic carbocycles. The average molecular weight is 286 g/mol. The molecular weight excluding hydrogens is 272 g/mol. The molecule has 0 radical (unpaired) electrons. The topological polar surface area (TPSA) is 34.1 Å². The summed E-state index contributed by atoms with van der Waals surface area (Å²) in [5, 5.41) is 0. The van der Waals surface area contributed by atoms with Crippen LogP contribution in [0.3, 0.4) is 0 Å². The minimum atomic E-state index is 0.0144. The molecule has 0 fully saturated rings. The van der Waals surface area contributed by atoms with Gasteiger partial charge < -0.3 is 0 Å². The molecule has 4 atom stereocenters. The monoisotopic (exact) mass is 286 g/mol. The molecule has 0 heterocycles. The van der Waals surface area contributed by atoms with E-state index in [0.717, 1.165) is 11.1 Å². The largest absolute Gasteiger partial charge is 0.290 e. The fourth-order valence-electron chi connectivity index (χ4n) is 4.73. The summed E-state index contributed by atoms with van der Waals surface area (Å²) in [6.07, 6.45) is 11.4. The quantitative estimate of drug-likeness (QED) is 0.686. The zero-order chi connectivity index (χ0) is 14.8. The molecule has 5 aliphatic rings. The van der Waals surface area contributed by atoms with Crippen LogP contribution >= 0.6 is 0 Å². The minimum absolute atomic E-state index is 0.0144. The number of carbonyl (C=O) groups is 2. The lowest BCUT2D eigenvalue weighted by Gasteiger charge is -2.50. The molecule has 22 heavy (non-hydrogen) atoms. The molecule has 6 rings (SSSR count). The lowest BCUT2D eigenvalue weighted by Crippen LogP contribution is -2.43. The first-order valence-corrected chi connectivity index (χ1v) is 7.72. The maximum absolute atomic E-state index is 12.5. The van der Waals surface area contributed by atoms with Crippen LogP contribution in [0.1, 0.15) is 23.0 Å². The van der Waals surface area contributed by atoms with E-state index in [4.69, 9.17) is 0 Å². The Morgan fingerprint density at radius 2 is 1.14 bits per heavy atom. The van der Waals surface area contributed by atoms with Gasteiger partial charge in [-0.1, -0.05) is 48.6 Å². The van der Waals surface area contributed by atoms with Gasteiger partial charge >= 0.3 is 0 Å². The Balaban J connectivity index is 1.85. The predicted octanol–water partition coefficient (Wildman–Crippen LogP) is 3.24. The van der Waals surface area contributed by atoms with Gasteiger partial charge in [0.25, 0.3) is 0 Å². The second kappa shape index (κ2) is 4.04. The molecule has 1 aromatic rings. The molecule has 1 aromatic carbocycles. The SMILES string of the molecule is O=C1C=CC(=O)C2=C1C1c3ccccc3C2C2C=CC=CC12. The van der Waals surface area contributed by atoms with Crippen LogP contribution in [0.4, 0.5) is 0 Å². The third-order valence-corrected chi connectivity index (χ3v) is 5.49. The van der Waals surface area contributed by atoms with Crippen LogP contribution in [-0.2, 0) is 9.59 Å². The first-order chi connectivity index (χ1) is 10.8. The molecule has 2 heteroatoms. The molecule has 0 aliphatic heterocycles. The number of hydrogen-bond acceptors (Lipinski definition) is 2. The van der Waals surface area contributed by atoms with Crippen LogP contribution in [0.25, 0.3) is 0 Å². The summed E-state index contributed by atoms with van der Waals surface area (Å²) in [5.41, 5.74) is 3.95. The molecule has 0 aromatic heterocycles. The molecule has 0 spiro atoms. The summed E-state index contributed by atoms with van der Waals surface area (Å²) < 4.78 is 0. The fraction of sp³-hybridized carbons (Fsp3) is 0.200. The van der Waals surface area contributed by atoms with Gasteiger partial charge in [-0.25, -0.2) is 0 Å². The van der Waals surface area contributed by atoms with Crippen LogP contribution in [0, 0.1) is 11.8 Å². The normalized spacial score (nSPS) is 33.8. The van der Waals surface area contributed by atoms with Crippen LogP contribution in [-0.4, -0.2) is 11.6 Å². The van der Waals surface area contributed by atoms with Crippen molar-refractivity contribution < 1.29 is 9.59 Å². The first-order valence-electron chi connectivity index (χ1n) is 7.72. The van der Waals surface area contributed by atoms with Gasteiger partial charge in [0.1, 0.15) is 0 Å². The van der Waals surface area contributed by atoms with Crippen LogP contribution in [0.5, 0.6) is 0 Å². The van der Waals surface area contributed by atoms with Gasteiger partial charge in [-0.2, -0.15) is 0 Å². The zero-order valence-corrected chi connectivity index (χ0v) is 11.9. The maximum Gasteiger partial charge on any atom is 0.183 e. The molecule has 4 unspecified atom stereocenters. The van der Waals surface area contributed by atoms with E-state index in [0.29, 0.717) is 0 Å². The highest BCUT2D eigenvalue weighted by Gasteiger charge is 2.52. The van der Waals surface area contributed by atoms with Gasteiger partial charge in [0.2, 0.25) is 0 Å². The lowest BCUT2D eigenvalue weighted by atomic mass is 9.52. The predicted molar refractivity (Wildman–Crippen MR) is 83.4 cm³/mol. The van der Waals surface area contributed by atoms with Crippen molar-refractivity contribution >= 4 is 11.6 Å². The van der Waals surface area contributed by atoms with Gasteiger partial charge in [0.15, 0.2) is 11.6 Å². The summed E-state index contributed by atoms with van der Waals surface area (Å²) in [7, 11) is 0. The van der Waals surface area contributed by atoms with E-state index in [1.165, 1.54) is 23.3 Å². The molecule has 2 nitrogen and oxygen atoms in total. The molecule has 2 bridgehead atoms. The van der Waals surface area contributed by atoms with E-state index in [-0.39, 0.29) is 35.2 Å². The fourth-order valence-corrected chi connectivity index (χ4v) is 4.73. The molecule has 0 saturated carbocycles. The Morgan fingerprint density at radius 3 is 1.59 bits per heavy atom. The molecule has 0 N–H and O–H groups in total. The second-order valence-corrected chi connectivity index (χ2v) is 6.40. The summed E-state index contributed by atoms with van der Waals surface area (Å²) in [6.45, 7) is 0. The Labute approximate surface area is 128 Å². The molecule has 0 amide bonds. The van der Waals surface area contributed by atoms with E-state index in [9.17, 15) is 9.59 Å². The van der Waals surface area contributed by atoms with Crippen LogP contribution in [0.2, 0.25) is 0 Å². The average Bonchev–Trinajstić information content (AvgIpc) is 2.58. The van der Waals surface area contributed by atoms with Gasteiger partial charge in [0.05, 0.1) is 0 Å². The van der Waals surface area contributed by atoms with E-state index in [1.807, 2.05) is 12.1 Å². The zero-order valence-electron chi connectivity index (χ0n) is 11.9. The van der Waals surface area contributed by atoms with Crippen molar-refractivity contribution in [2.45, 2.75) is 11.8 Å². The van der Waals surface area contributed by atoms with E-state index in [1.54, 1.807) is 0 Å². The number of benzene rings is 1. The number of carbonyl (C=O) groups excluding carboxylic acids is 2. The van der Waals surface area contributed by atoms with Crippen LogP contribution < -0.4 is 0 Å². The number of allylic oxidation sites excluding steroid dienone is 8. The van der Waals surface area contributed by atoms with Crippen molar-refractivity contribution in [1.29, 1.82) is 0 Å². The van der Waals surface area contributed by atoms with Crippen molar-refractivity contribution in [2.75, 3.05) is 0 Å². The van der Waals surface area contributed by atoms with Gasteiger partial charge in [-0.05, 0) is 35.1 Å².